The van der Waals surface area contributed by atoms with E-state index >= 15 is 0 Å². The van der Waals surface area contributed by atoms with Crippen LogP contribution in [0.25, 0.3) is 6.08 Å². The van der Waals surface area contributed by atoms with Crippen molar-refractivity contribution in [3.8, 4) is 0 Å². The average molecular weight is 262 g/mol. The Bertz CT molecular complexity index is 364. The molecule has 2 nitrogen and oxygen atoms in total. The number of hydrogen-bond donors (Lipinski definition) is 0. The average Bonchev–Trinajstić information content (AvgIpc) is 2.57. The summed E-state index contributed by atoms with van der Waals surface area (Å²) < 4.78 is 9.38. The topological polar surface area (TPSA) is 12.5 Å². The molecule has 5 heteroatoms. The Morgan fingerprint density at radius 2 is 2.40 bits per heavy atom. The van der Waals surface area contributed by atoms with Gasteiger partial charge in [0.25, 0.3) is 0 Å². The smallest absolute Gasteiger partial charge is 0.0947 e. The number of thiophene rings is 1. The first-order valence-corrected chi connectivity index (χ1v) is 6.67. The molecule has 2 rings (SSSR count). The van der Waals surface area contributed by atoms with E-state index in [4.69, 9.17) is 16.3 Å². The van der Waals surface area contributed by atoms with Crippen molar-refractivity contribution in [2.75, 3.05) is 20.3 Å². The summed E-state index contributed by atoms with van der Waals surface area (Å²) in [4.78, 5) is 0. The third-order valence-corrected chi connectivity index (χ3v) is 4.53. The zero-order chi connectivity index (χ0) is 10.7. The second-order valence-corrected chi connectivity index (χ2v) is 6.19. The van der Waals surface area contributed by atoms with E-state index in [2.05, 4.69) is 16.6 Å². The van der Waals surface area contributed by atoms with Crippen LogP contribution in [0.15, 0.2) is 16.5 Å². The molecule has 15 heavy (non-hydrogen) atoms. The van der Waals surface area contributed by atoms with Crippen LogP contribution < -0.4 is 0 Å². The highest BCUT2D eigenvalue weighted by atomic mass is 35.5. The van der Waals surface area contributed by atoms with Crippen LogP contribution in [0.2, 0.25) is 4.34 Å². The van der Waals surface area contributed by atoms with Gasteiger partial charge in [0.15, 0.2) is 0 Å². The number of rotatable bonds is 4. The van der Waals surface area contributed by atoms with Crippen LogP contribution in [0.3, 0.4) is 0 Å². The molecule has 0 bridgehead atoms. The van der Waals surface area contributed by atoms with Crippen molar-refractivity contribution in [2.24, 2.45) is 0 Å². The van der Waals surface area contributed by atoms with Crippen molar-refractivity contribution in [3.63, 3.8) is 0 Å². The second-order valence-electron chi connectivity index (χ2n) is 3.19. The second kappa shape index (κ2) is 5.25. The summed E-state index contributed by atoms with van der Waals surface area (Å²) in [6.07, 6.45) is 5.26. The van der Waals surface area contributed by atoms with Gasteiger partial charge in [0.2, 0.25) is 0 Å². The van der Waals surface area contributed by atoms with Crippen LogP contribution in [0.5, 0.6) is 0 Å². The van der Waals surface area contributed by atoms with Gasteiger partial charge in [0.05, 0.1) is 8.55 Å². The number of methoxy groups -OCH3 is 1. The zero-order valence-electron chi connectivity index (χ0n) is 8.40. The lowest BCUT2D eigenvalue weighted by Gasteiger charge is -2.21. The summed E-state index contributed by atoms with van der Waals surface area (Å²) >= 11 is 9.35. The first kappa shape index (κ1) is 11.3. The van der Waals surface area contributed by atoms with Crippen molar-refractivity contribution in [1.29, 1.82) is 0 Å². The van der Waals surface area contributed by atoms with Crippen LogP contribution in [0, 0.1) is 0 Å². The van der Waals surface area contributed by atoms with Gasteiger partial charge < -0.3 is 9.04 Å². The fourth-order valence-electron chi connectivity index (χ4n) is 1.33. The van der Waals surface area contributed by atoms with Crippen LogP contribution in [-0.2, 0) is 4.74 Å². The van der Waals surface area contributed by atoms with Gasteiger partial charge in [-0.1, -0.05) is 11.6 Å². The van der Waals surface area contributed by atoms with E-state index in [1.807, 2.05) is 6.07 Å². The molecule has 0 radical (unpaired) electrons. The van der Waals surface area contributed by atoms with Crippen molar-refractivity contribution in [2.45, 2.75) is 10.6 Å². The van der Waals surface area contributed by atoms with Crippen LogP contribution in [0.4, 0.5) is 0 Å². The molecule has 0 N–H and O–H groups in total. The molecular weight excluding hydrogens is 250 g/mol. The number of ether oxygens (including phenoxy) is 1. The normalized spacial score (nSPS) is 14.4. The molecule has 0 atom stereocenters. The number of hydrogen-bond acceptors (Lipinski definition) is 4. The molecule has 2 heterocycles. The van der Waals surface area contributed by atoms with Crippen molar-refractivity contribution in [1.82, 2.24) is 4.31 Å². The summed E-state index contributed by atoms with van der Waals surface area (Å²) in [5, 5.41) is 0. The zero-order valence-corrected chi connectivity index (χ0v) is 10.8. The number of nitrogens with zero attached hydrogens (tertiary/aromatic N) is 1. The lowest BCUT2D eigenvalue weighted by Crippen LogP contribution is -2.13. The van der Waals surface area contributed by atoms with Crippen LogP contribution in [-0.4, -0.2) is 24.6 Å². The lowest BCUT2D eigenvalue weighted by atomic mass is 10.3. The fraction of sp³-hybridized carbons (Fsp3) is 0.400. The Balaban J connectivity index is 1.93. The predicted molar refractivity (Wildman–Crippen MR) is 67.4 cm³/mol. The summed E-state index contributed by atoms with van der Waals surface area (Å²) in [6, 6.07) is 2.01. The largest absolute Gasteiger partial charge is 0.385 e. The molecule has 0 amide bonds. The Kier molecular flexibility index (Phi) is 3.97. The molecule has 0 saturated carbocycles. The highest BCUT2D eigenvalue weighted by Crippen LogP contribution is 2.40. The Hall–Kier alpha value is -0.160. The van der Waals surface area contributed by atoms with Gasteiger partial charge in [-0.15, -0.1) is 11.3 Å². The minimum absolute atomic E-state index is 0.808. The first-order chi connectivity index (χ1) is 7.29. The molecule has 0 fully saturated rings. The van der Waals surface area contributed by atoms with E-state index in [1.54, 1.807) is 30.4 Å². The summed E-state index contributed by atoms with van der Waals surface area (Å²) in [5.74, 6) is 0. The fourth-order valence-corrected chi connectivity index (χ4v) is 3.92. The van der Waals surface area contributed by atoms with Gasteiger partial charge in [-0.3, -0.25) is 0 Å². The Labute approximate surface area is 103 Å². The highest BCUT2D eigenvalue weighted by molar-refractivity contribution is 7.99. The van der Waals surface area contributed by atoms with Gasteiger partial charge in [0, 0.05) is 32.0 Å². The van der Waals surface area contributed by atoms with E-state index in [0.717, 1.165) is 23.9 Å². The van der Waals surface area contributed by atoms with E-state index in [1.165, 1.54) is 9.77 Å². The molecular formula is C10H12ClNOS2. The number of halogens is 1. The van der Waals surface area contributed by atoms with E-state index in [0.29, 0.717) is 0 Å². The van der Waals surface area contributed by atoms with Gasteiger partial charge in [0.1, 0.15) is 0 Å². The van der Waals surface area contributed by atoms with E-state index in [-0.39, 0.29) is 0 Å². The van der Waals surface area contributed by atoms with Gasteiger partial charge >= 0.3 is 0 Å². The standard InChI is InChI=1S/C10H12ClNOS2/c1-13-6-2-4-12-5-3-8-7-9(11)14-10(8)15-12/h3,5,7H,2,4,6H2,1H3. The maximum Gasteiger partial charge on any atom is 0.0947 e. The molecule has 1 aromatic heterocycles. The molecule has 1 aliphatic heterocycles. The molecule has 82 valence electrons. The Morgan fingerprint density at radius 1 is 1.53 bits per heavy atom. The Morgan fingerprint density at radius 3 is 3.20 bits per heavy atom. The summed E-state index contributed by atoms with van der Waals surface area (Å²) in [7, 11) is 1.73. The van der Waals surface area contributed by atoms with E-state index < -0.39 is 0 Å². The maximum absolute atomic E-state index is 5.96. The monoisotopic (exact) mass is 261 g/mol. The lowest BCUT2D eigenvalue weighted by molar-refractivity contribution is 0.191. The third-order valence-electron chi connectivity index (χ3n) is 2.04. The van der Waals surface area contributed by atoms with Crippen molar-refractivity contribution >= 4 is 41.0 Å². The quantitative estimate of drug-likeness (QED) is 0.605. The SMILES string of the molecule is COCCCN1C=Cc2cc(Cl)sc2S1. The molecule has 0 saturated heterocycles. The maximum atomic E-state index is 5.96. The minimum atomic E-state index is 0.808. The molecule has 0 aromatic carbocycles. The minimum Gasteiger partial charge on any atom is -0.385 e. The van der Waals surface area contributed by atoms with Crippen molar-refractivity contribution < 1.29 is 4.74 Å². The molecule has 0 unspecified atom stereocenters. The van der Waals surface area contributed by atoms with Gasteiger partial charge in [-0.2, -0.15) is 0 Å². The van der Waals surface area contributed by atoms with Crippen LogP contribution >= 0.6 is 34.9 Å². The summed E-state index contributed by atoms with van der Waals surface area (Å²) in [5.41, 5.74) is 1.23. The molecule has 0 spiro atoms. The summed E-state index contributed by atoms with van der Waals surface area (Å²) in [6.45, 7) is 1.81. The van der Waals surface area contributed by atoms with Gasteiger partial charge in [-0.05, 0) is 30.5 Å². The van der Waals surface area contributed by atoms with Crippen LogP contribution in [0.1, 0.15) is 12.0 Å². The molecule has 0 aliphatic carbocycles. The van der Waals surface area contributed by atoms with Crippen molar-refractivity contribution in [3.05, 3.63) is 22.2 Å². The molecule has 1 aromatic rings. The highest BCUT2D eigenvalue weighted by Gasteiger charge is 2.14. The predicted octanol–water partition coefficient (Wildman–Crippen LogP) is 3.73. The van der Waals surface area contributed by atoms with Gasteiger partial charge in [-0.25, -0.2) is 0 Å². The third kappa shape index (κ3) is 2.91. The first-order valence-electron chi connectivity index (χ1n) is 4.70. The number of fused-ring (bicyclic) bond motifs is 1. The van der Waals surface area contributed by atoms with E-state index in [9.17, 15) is 0 Å². The molecule has 1 aliphatic rings.